The van der Waals surface area contributed by atoms with Crippen molar-refractivity contribution in [3.8, 4) is 0 Å². The first-order valence-corrected chi connectivity index (χ1v) is 6.09. The molecule has 1 saturated heterocycles. The molecule has 0 radical (unpaired) electrons. The fourth-order valence-corrected chi connectivity index (χ4v) is 2.02. The van der Waals surface area contributed by atoms with Gasteiger partial charge in [-0.2, -0.15) is 0 Å². The lowest BCUT2D eigenvalue weighted by Gasteiger charge is -2.31. The van der Waals surface area contributed by atoms with E-state index in [1.165, 1.54) is 20.0 Å². The first-order chi connectivity index (χ1) is 7.61. The first-order valence-electron chi connectivity index (χ1n) is 6.09. The summed E-state index contributed by atoms with van der Waals surface area (Å²) in [5.41, 5.74) is 0. The van der Waals surface area contributed by atoms with E-state index < -0.39 is 6.10 Å². The SMILES string of the molecule is COC(=O)CCC(O)CN1CCC(C)CC1. The Kier molecular flexibility index (Phi) is 5.77. The second kappa shape index (κ2) is 6.86. The highest BCUT2D eigenvalue weighted by Crippen LogP contribution is 2.16. The van der Waals surface area contributed by atoms with Gasteiger partial charge in [-0.15, -0.1) is 0 Å². The molecule has 0 aromatic heterocycles. The summed E-state index contributed by atoms with van der Waals surface area (Å²) in [5.74, 6) is 0.565. The van der Waals surface area contributed by atoms with Crippen LogP contribution in [0.5, 0.6) is 0 Å². The van der Waals surface area contributed by atoms with Crippen molar-refractivity contribution in [3.63, 3.8) is 0 Å². The zero-order valence-corrected chi connectivity index (χ0v) is 10.3. The fraction of sp³-hybridized carbons (Fsp3) is 0.917. The number of β-amino-alcohol motifs (C(OH)–C–C–N with tert-alkyl or cyclic N) is 1. The maximum atomic E-state index is 10.9. The van der Waals surface area contributed by atoms with E-state index >= 15 is 0 Å². The minimum atomic E-state index is -0.410. The number of methoxy groups -OCH3 is 1. The lowest BCUT2D eigenvalue weighted by Crippen LogP contribution is -2.38. The Morgan fingerprint density at radius 1 is 1.50 bits per heavy atom. The molecule has 1 rings (SSSR count). The third-order valence-electron chi connectivity index (χ3n) is 3.25. The van der Waals surface area contributed by atoms with E-state index in [9.17, 15) is 9.90 Å². The van der Waals surface area contributed by atoms with Gasteiger partial charge >= 0.3 is 5.97 Å². The van der Waals surface area contributed by atoms with Gasteiger partial charge in [-0.1, -0.05) is 6.92 Å². The number of ether oxygens (including phenoxy) is 1. The third-order valence-corrected chi connectivity index (χ3v) is 3.25. The second-order valence-electron chi connectivity index (χ2n) is 4.75. The summed E-state index contributed by atoms with van der Waals surface area (Å²) < 4.78 is 4.54. The molecule has 1 N–H and O–H groups in total. The number of rotatable bonds is 5. The van der Waals surface area contributed by atoms with Crippen LogP contribution in [0.25, 0.3) is 0 Å². The fourth-order valence-electron chi connectivity index (χ4n) is 2.02. The van der Waals surface area contributed by atoms with Gasteiger partial charge < -0.3 is 14.7 Å². The van der Waals surface area contributed by atoms with Crippen LogP contribution in [0.1, 0.15) is 32.6 Å². The van der Waals surface area contributed by atoms with Crippen molar-refractivity contribution in [2.24, 2.45) is 5.92 Å². The number of aliphatic hydroxyl groups excluding tert-OH is 1. The van der Waals surface area contributed by atoms with Gasteiger partial charge in [-0.3, -0.25) is 4.79 Å². The smallest absolute Gasteiger partial charge is 0.305 e. The van der Waals surface area contributed by atoms with E-state index in [-0.39, 0.29) is 5.97 Å². The van der Waals surface area contributed by atoms with Gasteiger partial charge in [0.2, 0.25) is 0 Å². The average molecular weight is 229 g/mol. The van der Waals surface area contributed by atoms with Crippen LogP contribution >= 0.6 is 0 Å². The second-order valence-corrected chi connectivity index (χ2v) is 4.75. The van der Waals surface area contributed by atoms with Gasteiger partial charge in [0, 0.05) is 13.0 Å². The maximum absolute atomic E-state index is 10.9. The van der Waals surface area contributed by atoms with Crippen LogP contribution < -0.4 is 0 Å². The molecule has 1 heterocycles. The number of aliphatic hydroxyl groups is 1. The molecule has 0 bridgehead atoms. The zero-order valence-electron chi connectivity index (χ0n) is 10.3. The predicted molar refractivity (Wildman–Crippen MR) is 62.1 cm³/mol. The summed E-state index contributed by atoms with van der Waals surface area (Å²) >= 11 is 0. The Bertz CT molecular complexity index is 212. The number of hydrogen-bond donors (Lipinski definition) is 1. The van der Waals surface area contributed by atoms with Gasteiger partial charge in [0.15, 0.2) is 0 Å². The maximum Gasteiger partial charge on any atom is 0.305 e. The normalized spacial score (nSPS) is 20.7. The van der Waals surface area contributed by atoms with E-state index in [1.807, 2.05) is 0 Å². The van der Waals surface area contributed by atoms with Crippen LogP contribution in [0.4, 0.5) is 0 Å². The van der Waals surface area contributed by atoms with Crippen molar-refractivity contribution >= 4 is 5.97 Å². The van der Waals surface area contributed by atoms with Gasteiger partial charge in [-0.25, -0.2) is 0 Å². The summed E-state index contributed by atoms with van der Waals surface area (Å²) in [7, 11) is 1.38. The topological polar surface area (TPSA) is 49.8 Å². The van der Waals surface area contributed by atoms with Crippen LogP contribution in [0, 0.1) is 5.92 Å². The highest BCUT2D eigenvalue weighted by atomic mass is 16.5. The minimum absolute atomic E-state index is 0.244. The Morgan fingerprint density at radius 3 is 2.69 bits per heavy atom. The van der Waals surface area contributed by atoms with Crippen LogP contribution in [0.2, 0.25) is 0 Å². The minimum Gasteiger partial charge on any atom is -0.469 e. The van der Waals surface area contributed by atoms with Crippen LogP contribution in [-0.4, -0.2) is 48.8 Å². The van der Waals surface area contributed by atoms with Crippen molar-refractivity contribution in [2.45, 2.75) is 38.7 Å². The highest BCUT2D eigenvalue weighted by molar-refractivity contribution is 5.69. The van der Waals surface area contributed by atoms with Crippen LogP contribution in [0.15, 0.2) is 0 Å². The van der Waals surface area contributed by atoms with Crippen molar-refractivity contribution in [1.29, 1.82) is 0 Å². The molecular formula is C12H23NO3. The number of nitrogens with zero attached hydrogens (tertiary/aromatic N) is 1. The van der Waals surface area contributed by atoms with Crippen molar-refractivity contribution in [3.05, 3.63) is 0 Å². The molecule has 0 aromatic rings. The lowest BCUT2D eigenvalue weighted by molar-refractivity contribution is -0.141. The zero-order chi connectivity index (χ0) is 12.0. The number of carbonyl (C=O) groups is 1. The molecule has 1 aliphatic heterocycles. The molecule has 0 aromatic carbocycles. The van der Waals surface area contributed by atoms with Crippen LogP contribution in [0.3, 0.4) is 0 Å². The average Bonchev–Trinajstić information content (AvgIpc) is 2.29. The molecule has 94 valence electrons. The number of likely N-dealkylation sites (tertiary alicyclic amines) is 1. The summed E-state index contributed by atoms with van der Waals surface area (Å²) in [6.07, 6.45) is 2.82. The summed E-state index contributed by atoms with van der Waals surface area (Å²) in [5, 5.41) is 9.76. The Morgan fingerprint density at radius 2 is 2.12 bits per heavy atom. The molecule has 0 saturated carbocycles. The molecule has 0 spiro atoms. The molecule has 4 nitrogen and oxygen atoms in total. The molecule has 0 amide bonds. The number of esters is 1. The van der Waals surface area contributed by atoms with Gasteiger partial charge in [0.05, 0.1) is 13.2 Å². The Labute approximate surface area is 97.6 Å². The largest absolute Gasteiger partial charge is 0.469 e. The molecule has 0 aliphatic carbocycles. The standard InChI is InChI=1S/C12H23NO3/c1-10-5-7-13(8-6-10)9-11(14)3-4-12(15)16-2/h10-11,14H,3-9H2,1-2H3. The van der Waals surface area contributed by atoms with Gasteiger partial charge in [0.25, 0.3) is 0 Å². The number of piperidine rings is 1. The predicted octanol–water partition coefficient (Wildman–Crippen LogP) is 1.03. The molecule has 1 unspecified atom stereocenters. The number of hydrogen-bond acceptors (Lipinski definition) is 4. The molecule has 1 atom stereocenters. The van der Waals surface area contributed by atoms with E-state index in [4.69, 9.17) is 0 Å². The van der Waals surface area contributed by atoms with Gasteiger partial charge in [-0.05, 0) is 38.3 Å². The van der Waals surface area contributed by atoms with E-state index in [0.717, 1.165) is 19.0 Å². The number of carbonyl (C=O) groups excluding carboxylic acids is 1. The van der Waals surface area contributed by atoms with E-state index in [0.29, 0.717) is 19.4 Å². The lowest BCUT2D eigenvalue weighted by atomic mass is 9.99. The highest BCUT2D eigenvalue weighted by Gasteiger charge is 2.18. The first kappa shape index (κ1) is 13.5. The molecule has 1 aliphatic rings. The van der Waals surface area contributed by atoms with Crippen LogP contribution in [-0.2, 0) is 9.53 Å². The quantitative estimate of drug-likeness (QED) is 0.715. The Hall–Kier alpha value is -0.610. The Balaban J connectivity index is 2.13. The van der Waals surface area contributed by atoms with Crippen molar-refractivity contribution in [2.75, 3.05) is 26.7 Å². The molecule has 16 heavy (non-hydrogen) atoms. The van der Waals surface area contributed by atoms with Crippen molar-refractivity contribution in [1.82, 2.24) is 4.90 Å². The van der Waals surface area contributed by atoms with E-state index in [2.05, 4.69) is 16.6 Å². The monoisotopic (exact) mass is 229 g/mol. The molecule has 1 fully saturated rings. The summed E-state index contributed by atoms with van der Waals surface area (Å²) in [6.45, 7) is 5.08. The van der Waals surface area contributed by atoms with Gasteiger partial charge in [0.1, 0.15) is 0 Å². The molecule has 4 heteroatoms. The molecular weight excluding hydrogens is 206 g/mol. The third kappa shape index (κ3) is 4.94. The van der Waals surface area contributed by atoms with Crippen molar-refractivity contribution < 1.29 is 14.6 Å². The summed E-state index contributed by atoms with van der Waals surface area (Å²) in [6, 6.07) is 0. The summed E-state index contributed by atoms with van der Waals surface area (Å²) in [4.78, 5) is 13.2. The van der Waals surface area contributed by atoms with E-state index in [1.54, 1.807) is 0 Å².